The van der Waals surface area contributed by atoms with E-state index in [1.807, 2.05) is 12.1 Å². The van der Waals surface area contributed by atoms with Gasteiger partial charge in [0.05, 0.1) is 12.2 Å². The zero-order valence-electron chi connectivity index (χ0n) is 18.4. The van der Waals surface area contributed by atoms with Crippen molar-refractivity contribution in [1.82, 2.24) is 0 Å². The zero-order chi connectivity index (χ0) is 23.7. The van der Waals surface area contributed by atoms with Gasteiger partial charge < -0.3 is 40.1 Å². The number of hydrogen-bond donors (Lipinski definition) is 6. The monoisotopic (exact) mass is 464 g/mol. The van der Waals surface area contributed by atoms with Crippen molar-refractivity contribution < 1.29 is 44.9 Å². The van der Waals surface area contributed by atoms with E-state index in [1.165, 1.54) is 5.56 Å². The highest BCUT2D eigenvalue weighted by Crippen LogP contribution is 2.61. The summed E-state index contributed by atoms with van der Waals surface area (Å²) >= 11 is 0. The van der Waals surface area contributed by atoms with Crippen LogP contribution in [0.3, 0.4) is 0 Å². The Labute approximate surface area is 191 Å². The topological polar surface area (TPSA) is 157 Å². The number of fused-ring (bicyclic) bond motifs is 5. The molecule has 0 bridgehead atoms. The van der Waals surface area contributed by atoms with E-state index in [-0.39, 0.29) is 11.3 Å². The Hall–Kier alpha value is -1.75. The summed E-state index contributed by atoms with van der Waals surface area (Å²) in [6.07, 6.45) is -5.40. The fraction of sp³-hybridized carbons (Fsp3) is 0.708. The van der Waals surface area contributed by atoms with Crippen LogP contribution in [0.25, 0.3) is 0 Å². The molecule has 11 atom stereocenters. The lowest BCUT2D eigenvalue weighted by Crippen LogP contribution is -2.61. The van der Waals surface area contributed by atoms with Gasteiger partial charge in [-0.3, -0.25) is 0 Å². The van der Waals surface area contributed by atoms with E-state index in [4.69, 9.17) is 9.47 Å². The van der Waals surface area contributed by atoms with Crippen molar-refractivity contribution >= 4 is 5.97 Å². The largest absolute Gasteiger partial charge is 0.479 e. The Balaban J connectivity index is 1.34. The number of carboxylic acid groups (broad SMARTS) is 1. The molecule has 0 spiro atoms. The molecule has 0 amide bonds. The van der Waals surface area contributed by atoms with Crippen molar-refractivity contribution in [3.8, 4) is 5.75 Å². The fourth-order valence-electron chi connectivity index (χ4n) is 6.90. The van der Waals surface area contributed by atoms with E-state index in [0.717, 1.165) is 31.2 Å². The molecule has 5 rings (SSSR count). The normalized spacial score (nSPS) is 46.7. The number of benzene rings is 1. The van der Waals surface area contributed by atoms with Crippen LogP contribution in [0.2, 0.25) is 0 Å². The van der Waals surface area contributed by atoms with E-state index in [1.54, 1.807) is 6.07 Å². The molecule has 0 radical (unpaired) electrons. The van der Waals surface area contributed by atoms with E-state index >= 15 is 0 Å². The minimum absolute atomic E-state index is 0.248. The van der Waals surface area contributed by atoms with Crippen LogP contribution >= 0.6 is 0 Å². The highest BCUT2D eigenvalue weighted by atomic mass is 16.7. The Morgan fingerprint density at radius 1 is 1.09 bits per heavy atom. The fourth-order valence-corrected chi connectivity index (χ4v) is 6.90. The molecule has 9 nitrogen and oxygen atoms in total. The third-order valence-corrected chi connectivity index (χ3v) is 8.74. The van der Waals surface area contributed by atoms with Gasteiger partial charge in [-0.1, -0.05) is 13.0 Å². The minimum atomic E-state index is -1.76. The molecule has 182 valence electrons. The molecule has 33 heavy (non-hydrogen) atoms. The Bertz CT molecular complexity index is 921. The number of aliphatic carboxylic acids is 1. The third-order valence-electron chi connectivity index (χ3n) is 8.74. The van der Waals surface area contributed by atoms with Crippen LogP contribution in [0.15, 0.2) is 18.2 Å². The van der Waals surface area contributed by atoms with Crippen molar-refractivity contribution in [2.24, 2.45) is 17.3 Å². The lowest BCUT2D eigenvalue weighted by atomic mass is 9.55. The van der Waals surface area contributed by atoms with Gasteiger partial charge >= 0.3 is 5.97 Å². The smallest absolute Gasteiger partial charge is 0.335 e. The molecule has 3 aliphatic carbocycles. The van der Waals surface area contributed by atoms with Crippen LogP contribution in [0.5, 0.6) is 5.75 Å². The van der Waals surface area contributed by atoms with E-state index in [2.05, 4.69) is 6.92 Å². The molecule has 9 heteroatoms. The summed E-state index contributed by atoms with van der Waals surface area (Å²) in [5, 5.41) is 60.2. The Kier molecular flexibility index (Phi) is 5.70. The molecular weight excluding hydrogens is 432 g/mol. The second-order valence-electron chi connectivity index (χ2n) is 10.4. The maximum Gasteiger partial charge on any atom is 0.335 e. The summed E-state index contributed by atoms with van der Waals surface area (Å²) < 4.78 is 10.9. The SMILES string of the molecule is C[C@]12CC[C@H]3c4ccc(O[C@H]5O[C@H](C(=O)O)[C@@H](O)[C@H](O)[C@H]5O)cc4CC[C@@H]3[C@@H]1C[C@@H](O)[C@@H]2O. The molecule has 2 saturated carbocycles. The molecule has 1 aromatic rings. The van der Waals surface area contributed by atoms with Gasteiger partial charge in [0.25, 0.3) is 0 Å². The molecule has 0 unspecified atom stereocenters. The van der Waals surface area contributed by atoms with Crippen LogP contribution in [-0.4, -0.2) is 79.5 Å². The molecular formula is C24H32O9. The molecule has 4 aliphatic rings. The Morgan fingerprint density at radius 2 is 1.85 bits per heavy atom. The molecule has 1 heterocycles. The number of aryl methyl sites for hydroxylation is 1. The highest BCUT2D eigenvalue weighted by molar-refractivity contribution is 5.73. The zero-order valence-corrected chi connectivity index (χ0v) is 18.4. The van der Waals surface area contributed by atoms with Crippen molar-refractivity contribution in [2.75, 3.05) is 0 Å². The van der Waals surface area contributed by atoms with Gasteiger partial charge in [-0.2, -0.15) is 0 Å². The first-order valence-electron chi connectivity index (χ1n) is 11.7. The van der Waals surface area contributed by atoms with E-state index < -0.39 is 48.9 Å². The van der Waals surface area contributed by atoms with Gasteiger partial charge in [0, 0.05) is 0 Å². The summed E-state index contributed by atoms with van der Waals surface area (Å²) in [4.78, 5) is 11.3. The molecule has 1 saturated heterocycles. The number of carbonyl (C=O) groups is 1. The van der Waals surface area contributed by atoms with Gasteiger partial charge in [-0.25, -0.2) is 4.79 Å². The van der Waals surface area contributed by atoms with Gasteiger partial charge in [0.15, 0.2) is 6.10 Å². The van der Waals surface area contributed by atoms with Gasteiger partial charge in [-0.15, -0.1) is 0 Å². The number of aliphatic hydroxyl groups excluding tert-OH is 5. The van der Waals surface area contributed by atoms with Crippen molar-refractivity contribution in [2.45, 2.75) is 87.9 Å². The number of hydrogen-bond acceptors (Lipinski definition) is 8. The van der Waals surface area contributed by atoms with Crippen LogP contribution in [-0.2, 0) is 16.0 Å². The molecule has 3 fully saturated rings. The van der Waals surface area contributed by atoms with Crippen molar-refractivity contribution in [3.05, 3.63) is 29.3 Å². The number of aliphatic hydroxyl groups is 5. The lowest BCUT2D eigenvalue weighted by molar-refractivity contribution is -0.271. The number of rotatable bonds is 3. The molecule has 1 aromatic carbocycles. The van der Waals surface area contributed by atoms with Crippen LogP contribution in [0.4, 0.5) is 0 Å². The average Bonchev–Trinajstić information content (AvgIpc) is 3.02. The summed E-state index contributed by atoms with van der Waals surface area (Å²) in [5.41, 5.74) is 2.08. The standard InChI is InChI=1S/C24H32O9/c1-24-7-6-13-12-5-3-11(32-23-19(28)17(26)18(27)20(33-23)22(30)31)8-10(12)2-4-14(13)15(24)9-16(25)21(24)29/h3,5,8,13-21,23,25-29H,2,4,6-7,9H2,1H3,(H,30,31)/t13-,14-,15-,16+,17-,18-,19+,20-,21-,23-,24-/m0/s1. The second-order valence-corrected chi connectivity index (χ2v) is 10.4. The molecule has 0 aromatic heterocycles. The lowest BCUT2D eigenvalue weighted by Gasteiger charge is -2.50. The highest BCUT2D eigenvalue weighted by Gasteiger charge is 2.57. The van der Waals surface area contributed by atoms with Crippen molar-refractivity contribution in [3.63, 3.8) is 0 Å². The predicted octanol–water partition coefficient (Wildman–Crippen LogP) is 0.145. The van der Waals surface area contributed by atoms with Gasteiger partial charge in [0.1, 0.15) is 24.1 Å². The van der Waals surface area contributed by atoms with Crippen LogP contribution < -0.4 is 4.74 Å². The summed E-state index contributed by atoms with van der Waals surface area (Å²) in [7, 11) is 0. The number of ether oxygens (including phenoxy) is 2. The molecule has 1 aliphatic heterocycles. The van der Waals surface area contributed by atoms with Gasteiger partial charge in [0.2, 0.25) is 6.29 Å². The van der Waals surface area contributed by atoms with Crippen LogP contribution in [0, 0.1) is 17.3 Å². The second kappa shape index (κ2) is 8.18. The Morgan fingerprint density at radius 3 is 2.58 bits per heavy atom. The maximum absolute atomic E-state index is 11.3. The minimum Gasteiger partial charge on any atom is -0.479 e. The molecule has 6 N–H and O–H groups in total. The van der Waals surface area contributed by atoms with E-state index in [0.29, 0.717) is 24.0 Å². The summed E-state index contributed by atoms with van der Waals surface area (Å²) in [6.45, 7) is 2.10. The first-order chi connectivity index (χ1) is 15.6. The van der Waals surface area contributed by atoms with Crippen LogP contribution in [0.1, 0.15) is 49.7 Å². The van der Waals surface area contributed by atoms with Gasteiger partial charge in [-0.05, 0) is 78.5 Å². The maximum atomic E-state index is 11.3. The average molecular weight is 465 g/mol. The third kappa shape index (κ3) is 3.57. The van der Waals surface area contributed by atoms with E-state index in [9.17, 15) is 35.4 Å². The predicted molar refractivity (Wildman–Crippen MR) is 113 cm³/mol. The summed E-state index contributed by atoms with van der Waals surface area (Å²) in [5.74, 6) is -0.0622. The first-order valence-corrected chi connectivity index (χ1v) is 11.7. The first kappa shape index (κ1) is 23.0. The summed E-state index contributed by atoms with van der Waals surface area (Å²) in [6, 6.07) is 5.60. The quantitative estimate of drug-likeness (QED) is 0.366. The number of carboxylic acids is 1. The van der Waals surface area contributed by atoms with Crippen molar-refractivity contribution in [1.29, 1.82) is 0 Å².